The van der Waals surface area contributed by atoms with Gasteiger partial charge in [0.25, 0.3) is 0 Å². The molecule has 1 aromatic heterocycles. The highest BCUT2D eigenvalue weighted by molar-refractivity contribution is 9.10. The van der Waals surface area contributed by atoms with Gasteiger partial charge in [0.15, 0.2) is 0 Å². The lowest BCUT2D eigenvalue weighted by Gasteiger charge is -2.10. The number of thiophene rings is 1. The van der Waals surface area contributed by atoms with Crippen LogP contribution in [0.4, 0.5) is 5.69 Å². The van der Waals surface area contributed by atoms with Gasteiger partial charge in [-0.3, -0.25) is 0 Å². The molecule has 2 aromatic rings. The van der Waals surface area contributed by atoms with Crippen molar-refractivity contribution in [2.75, 3.05) is 11.9 Å². The smallest absolute Gasteiger partial charge is 0.121 e. The van der Waals surface area contributed by atoms with Crippen molar-refractivity contribution in [3.8, 4) is 5.75 Å². The van der Waals surface area contributed by atoms with E-state index in [9.17, 15) is 0 Å². The number of benzene rings is 1. The summed E-state index contributed by atoms with van der Waals surface area (Å²) in [5.74, 6) is 1.46. The predicted molar refractivity (Wildman–Crippen MR) is 86.1 cm³/mol. The summed E-state index contributed by atoms with van der Waals surface area (Å²) >= 11 is 5.21. The molecule has 1 N–H and O–H groups in total. The fourth-order valence-corrected chi connectivity index (χ4v) is 2.99. The van der Waals surface area contributed by atoms with Crippen molar-refractivity contribution in [2.45, 2.75) is 20.4 Å². The minimum atomic E-state index is 0.542. The summed E-state index contributed by atoms with van der Waals surface area (Å²) in [5.41, 5.74) is 1.09. The van der Waals surface area contributed by atoms with E-state index in [4.69, 9.17) is 4.74 Å². The summed E-state index contributed by atoms with van der Waals surface area (Å²) < 4.78 is 6.86. The highest BCUT2D eigenvalue weighted by atomic mass is 79.9. The molecule has 0 spiro atoms. The van der Waals surface area contributed by atoms with Gasteiger partial charge < -0.3 is 10.1 Å². The molecule has 0 radical (unpaired) electrons. The van der Waals surface area contributed by atoms with Gasteiger partial charge in [0.05, 0.1) is 6.61 Å². The van der Waals surface area contributed by atoms with E-state index >= 15 is 0 Å². The van der Waals surface area contributed by atoms with E-state index in [2.05, 4.69) is 52.6 Å². The van der Waals surface area contributed by atoms with Crippen LogP contribution in [0.1, 0.15) is 18.7 Å². The van der Waals surface area contributed by atoms with Crippen molar-refractivity contribution in [1.29, 1.82) is 0 Å². The molecule has 0 aliphatic rings. The third-order valence-electron chi connectivity index (χ3n) is 2.51. The molecule has 0 aliphatic heterocycles. The Hall–Kier alpha value is -1.000. The number of rotatable bonds is 6. The van der Waals surface area contributed by atoms with Crippen LogP contribution in [0.2, 0.25) is 0 Å². The van der Waals surface area contributed by atoms with Crippen LogP contribution in [0.3, 0.4) is 0 Å². The third-order valence-corrected chi connectivity index (χ3v) is 4.20. The Kier molecular flexibility index (Phi) is 5.28. The van der Waals surface area contributed by atoms with Crippen molar-refractivity contribution in [2.24, 2.45) is 5.92 Å². The molecule has 4 heteroatoms. The minimum absolute atomic E-state index is 0.542. The second-order valence-corrected chi connectivity index (χ2v) is 6.73. The minimum Gasteiger partial charge on any atom is -0.493 e. The molecule has 102 valence electrons. The van der Waals surface area contributed by atoms with E-state index in [1.54, 1.807) is 11.3 Å². The van der Waals surface area contributed by atoms with Gasteiger partial charge in [-0.25, -0.2) is 0 Å². The average molecular weight is 340 g/mol. The molecular weight excluding hydrogens is 322 g/mol. The zero-order valence-corrected chi connectivity index (χ0v) is 13.6. The van der Waals surface area contributed by atoms with Gasteiger partial charge in [-0.1, -0.05) is 19.9 Å². The average Bonchev–Trinajstić information content (AvgIpc) is 2.80. The van der Waals surface area contributed by atoms with Gasteiger partial charge in [-0.15, -0.1) is 11.3 Å². The van der Waals surface area contributed by atoms with Gasteiger partial charge in [-0.2, -0.15) is 0 Å². The summed E-state index contributed by atoms with van der Waals surface area (Å²) in [4.78, 5) is 1.31. The highest BCUT2D eigenvalue weighted by Gasteiger charge is 2.01. The van der Waals surface area contributed by atoms with E-state index in [0.717, 1.165) is 29.1 Å². The quantitative estimate of drug-likeness (QED) is 0.784. The van der Waals surface area contributed by atoms with Gasteiger partial charge in [0.2, 0.25) is 0 Å². The Morgan fingerprint density at radius 1 is 1.32 bits per heavy atom. The number of hydrogen-bond donors (Lipinski definition) is 1. The van der Waals surface area contributed by atoms with Crippen molar-refractivity contribution < 1.29 is 4.74 Å². The summed E-state index contributed by atoms with van der Waals surface area (Å²) in [6, 6.07) is 10.3. The summed E-state index contributed by atoms with van der Waals surface area (Å²) in [5, 5.41) is 5.51. The molecule has 0 saturated heterocycles. The summed E-state index contributed by atoms with van der Waals surface area (Å²) in [6.45, 7) is 5.89. The lowest BCUT2D eigenvalue weighted by molar-refractivity contribution is 0.271. The molecule has 0 amide bonds. The predicted octanol–water partition coefficient (Wildman–Crippen LogP) is 5.16. The summed E-state index contributed by atoms with van der Waals surface area (Å²) in [7, 11) is 0. The molecule has 1 aromatic carbocycles. The van der Waals surface area contributed by atoms with Crippen LogP contribution in [0.15, 0.2) is 40.2 Å². The molecule has 0 atom stereocenters. The van der Waals surface area contributed by atoms with Crippen LogP contribution in [-0.2, 0) is 6.54 Å². The normalized spacial score (nSPS) is 10.7. The lowest BCUT2D eigenvalue weighted by atomic mass is 10.2. The van der Waals surface area contributed by atoms with Crippen molar-refractivity contribution in [1.82, 2.24) is 0 Å². The zero-order valence-electron chi connectivity index (χ0n) is 11.2. The maximum absolute atomic E-state index is 5.72. The zero-order chi connectivity index (χ0) is 13.7. The Labute approximate surface area is 126 Å². The second kappa shape index (κ2) is 6.96. The first-order valence-corrected chi connectivity index (χ1v) is 8.00. The Morgan fingerprint density at radius 2 is 2.16 bits per heavy atom. The first-order chi connectivity index (χ1) is 9.13. The van der Waals surface area contributed by atoms with Crippen molar-refractivity contribution in [3.05, 3.63) is 45.1 Å². The second-order valence-electron chi connectivity index (χ2n) is 4.82. The van der Waals surface area contributed by atoms with Gasteiger partial charge in [0.1, 0.15) is 5.75 Å². The number of anilines is 1. The molecule has 0 bridgehead atoms. The monoisotopic (exact) mass is 339 g/mol. The van der Waals surface area contributed by atoms with Crippen molar-refractivity contribution >= 4 is 33.0 Å². The molecule has 0 fully saturated rings. The molecular formula is C15H18BrNOS. The van der Waals surface area contributed by atoms with Gasteiger partial charge >= 0.3 is 0 Å². The third kappa shape index (κ3) is 4.88. The van der Waals surface area contributed by atoms with E-state index in [1.807, 2.05) is 18.2 Å². The molecule has 0 saturated carbocycles. The maximum atomic E-state index is 5.72. The van der Waals surface area contributed by atoms with E-state index in [-0.39, 0.29) is 0 Å². The van der Waals surface area contributed by atoms with Crippen LogP contribution in [-0.4, -0.2) is 6.61 Å². The fourth-order valence-electron chi connectivity index (χ4n) is 1.59. The maximum Gasteiger partial charge on any atom is 0.121 e. The van der Waals surface area contributed by atoms with Crippen LogP contribution in [0, 0.1) is 5.92 Å². The molecule has 19 heavy (non-hydrogen) atoms. The molecule has 2 nitrogen and oxygen atoms in total. The standard InChI is InChI=1S/C15H18BrNOS/c1-11(2)9-18-14-5-3-4-13(7-14)17-8-15-6-12(16)10-19-15/h3-7,10-11,17H,8-9H2,1-2H3. The van der Waals surface area contributed by atoms with Crippen LogP contribution >= 0.6 is 27.3 Å². The molecule has 1 heterocycles. The largest absolute Gasteiger partial charge is 0.493 e. The first kappa shape index (κ1) is 14.4. The molecule has 2 rings (SSSR count). The number of ether oxygens (including phenoxy) is 1. The SMILES string of the molecule is CC(C)COc1cccc(NCc2cc(Br)cs2)c1. The lowest BCUT2D eigenvalue weighted by Crippen LogP contribution is -2.05. The summed E-state index contributed by atoms with van der Waals surface area (Å²) in [6.07, 6.45) is 0. The van der Waals surface area contributed by atoms with E-state index in [0.29, 0.717) is 5.92 Å². The number of nitrogens with one attached hydrogen (secondary N) is 1. The Bertz CT molecular complexity index is 524. The van der Waals surface area contributed by atoms with E-state index < -0.39 is 0 Å². The fraction of sp³-hybridized carbons (Fsp3) is 0.333. The van der Waals surface area contributed by atoms with Gasteiger partial charge in [-0.05, 0) is 40.0 Å². The molecule has 0 aliphatic carbocycles. The Morgan fingerprint density at radius 3 is 2.84 bits per heavy atom. The van der Waals surface area contributed by atoms with Crippen LogP contribution in [0.25, 0.3) is 0 Å². The van der Waals surface area contributed by atoms with Crippen LogP contribution in [0.5, 0.6) is 5.75 Å². The topological polar surface area (TPSA) is 21.3 Å². The first-order valence-electron chi connectivity index (χ1n) is 6.33. The van der Waals surface area contributed by atoms with Crippen LogP contribution < -0.4 is 10.1 Å². The highest BCUT2D eigenvalue weighted by Crippen LogP contribution is 2.22. The van der Waals surface area contributed by atoms with Gasteiger partial charge in [0, 0.05) is 33.0 Å². The molecule has 0 unspecified atom stereocenters. The number of halogens is 1. The van der Waals surface area contributed by atoms with Crippen molar-refractivity contribution in [3.63, 3.8) is 0 Å². The Balaban J connectivity index is 1.91. The van der Waals surface area contributed by atoms with E-state index in [1.165, 1.54) is 4.88 Å². The number of hydrogen-bond acceptors (Lipinski definition) is 3.